The van der Waals surface area contributed by atoms with Gasteiger partial charge in [-0.3, -0.25) is 0 Å². The summed E-state index contributed by atoms with van der Waals surface area (Å²) in [4.78, 5) is 14.8. The van der Waals surface area contributed by atoms with E-state index in [4.69, 9.17) is 9.47 Å². The first-order valence-corrected chi connectivity index (χ1v) is 9.42. The molecule has 2 atom stereocenters. The molecule has 0 aromatic heterocycles. The third-order valence-electron chi connectivity index (χ3n) is 5.97. The average Bonchev–Trinajstić information content (AvgIpc) is 2.78. The van der Waals surface area contributed by atoms with Gasteiger partial charge in [0.2, 0.25) is 0 Å². The molecule has 2 heterocycles. The minimum atomic E-state index is 0.102. The van der Waals surface area contributed by atoms with E-state index in [1.165, 1.54) is 19.3 Å². The smallest absolute Gasteiger partial charge is 0.317 e. The highest BCUT2D eigenvalue weighted by Crippen LogP contribution is 2.33. The minimum Gasteiger partial charge on any atom is -0.381 e. The number of urea groups is 1. The first-order valence-electron chi connectivity index (χ1n) is 9.42. The average molecular weight is 324 g/mol. The number of amides is 2. The summed E-state index contributed by atoms with van der Waals surface area (Å²) in [6, 6.07) is 0.471. The lowest BCUT2D eigenvalue weighted by molar-refractivity contribution is -0.0295. The van der Waals surface area contributed by atoms with E-state index in [0.29, 0.717) is 19.2 Å². The van der Waals surface area contributed by atoms with Gasteiger partial charge in [-0.25, -0.2) is 4.79 Å². The SMILES string of the molecule is CC[C@H]1CCC[C@@H](NC(=O)N2CCOCC3(CCOCC3)C2)C1. The quantitative estimate of drug-likeness (QED) is 0.850. The molecule has 3 fully saturated rings. The van der Waals surface area contributed by atoms with Gasteiger partial charge in [-0.1, -0.05) is 26.2 Å². The topological polar surface area (TPSA) is 50.8 Å². The molecule has 0 radical (unpaired) electrons. The van der Waals surface area contributed by atoms with Crippen molar-refractivity contribution in [3.8, 4) is 0 Å². The van der Waals surface area contributed by atoms with E-state index in [1.807, 2.05) is 4.90 Å². The molecule has 0 aromatic rings. The van der Waals surface area contributed by atoms with Gasteiger partial charge < -0.3 is 19.7 Å². The second-order valence-corrected chi connectivity index (χ2v) is 7.67. The van der Waals surface area contributed by atoms with Gasteiger partial charge in [0.15, 0.2) is 0 Å². The second-order valence-electron chi connectivity index (χ2n) is 7.67. The van der Waals surface area contributed by atoms with Gasteiger partial charge in [0.1, 0.15) is 0 Å². The molecule has 2 aliphatic heterocycles. The molecule has 1 saturated carbocycles. The summed E-state index contributed by atoms with van der Waals surface area (Å²) < 4.78 is 11.3. The monoisotopic (exact) mass is 324 g/mol. The van der Waals surface area contributed by atoms with Crippen LogP contribution in [0.3, 0.4) is 0 Å². The van der Waals surface area contributed by atoms with Crippen molar-refractivity contribution in [1.29, 1.82) is 0 Å². The van der Waals surface area contributed by atoms with Crippen molar-refractivity contribution < 1.29 is 14.3 Å². The summed E-state index contributed by atoms with van der Waals surface area (Å²) in [6.45, 7) is 6.78. The number of nitrogens with one attached hydrogen (secondary N) is 1. The number of hydrogen-bond donors (Lipinski definition) is 1. The van der Waals surface area contributed by atoms with E-state index in [2.05, 4.69) is 12.2 Å². The van der Waals surface area contributed by atoms with Crippen molar-refractivity contribution in [2.75, 3.05) is 39.5 Å². The molecule has 0 bridgehead atoms. The summed E-state index contributed by atoms with van der Waals surface area (Å²) in [5, 5.41) is 3.30. The Hall–Kier alpha value is -0.810. The Morgan fingerprint density at radius 3 is 2.83 bits per heavy atom. The van der Waals surface area contributed by atoms with Crippen LogP contribution >= 0.6 is 0 Å². The Kier molecular flexibility index (Phi) is 5.81. The van der Waals surface area contributed by atoms with E-state index in [9.17, 15) is 4.79 Å². The van der Waals surface area contributed by atoms with E-state index < -0.39 is 0 Å². The van der Waals surface area contributed by atoms with E-state index in [-0.39, 0.29) is 11.4 Å². The normalized spacial score (nSPS) is 31.6. The van der Waals surface area contributed by atoms with Crippen LogP contribution in [0, 0.1) is 11.3 Å². The van der Waals surface area contributed by atoms with Gasteiger partial charge in [-0.05, 0) is 31.6 Å². The highest BCUT2D eigenvalue weighted by Gasteiger charge is 2.38. The fourth-order valence-corrected chi connectivity index (χ4v) is 4.33. The first-order chi connectivity index (χ1) is 11.2. The van der Waals surface area contributed by atoms with Crippen molar-refractivity contribution in [3.05, 3.63) is 0 Å². The van der Waals surface area contributed by atoms with Crippen LogP contribution in [0.1, 0.15) is 51.9 Å². The fraction of sp³-hybridized carbons (Fsp3) is 0.944. The van der Waals surface area contributed by atoms with Crippen LogP contribution in [0.2, 0.25) is 0 Å². The van der Waals surface area contributed by atoms with Crippen LogP contribution in [-0.4, -0.2) is 56.5 Å². The highest BCUT2D eigenvalue weighted by atomic mass is 16.5. The molecule has 1 spiro atoms. The Morgan fingerprint density at radius 1 is 1.22 bits per heavy atom. The van der Waals surface area contributed by atoms with Crippen LogP contribution in [-0.2, 0) is 9.47 Å². The largest absolute Gasteiger partial charge is 0.381 e. The van der Waals surface area contributed by atoms with Crippen LogP contribution in [0.5, 0.6) is 0 Å². The van der Waals surface area contributed by atoms with Crippen LogP contribution in [0.4, 0.5) is 4.79 Å². The summed E-state index contributed by atoms with van der Waals surface area (Å²) in [5.41, 5.74) is 0.102. The van der Waals surface area contributed by atoms with Crippen LogP contribution in [0.15, 0.2) is 0 Å². The standard InChI is InChI=1S/C18H32N2O3/c1-2-15-4-3-5-16(12-15)19-17(21)20-8-11-23-14-18(13-20)6-9-22-10-7-18/h15-16H,2-14H2,1H3,(H,19,21)/t15-,16+/m0/s1. The number of carbonyl (C=O) groups excluding carboxylic acids is 1. The maximum Gasteiger partial charge on any atom is 0.317 e. The number of nitrogens with zero attached hydrogens (tertiary/aromatic N) is 1. The zero-order valence-electron chi connectivity index (χ0n) is 14.5. The summed E-state index contributed by atoms with van der Waals surface area (Å²) in [5.74, 6) is 0.781. The number of hydrogen-bond acceptors (Lipinski definition) is 3. The molecular weight excluding hydrogens is 292 g/mol. The first kappa shape index (κ1) is 17.0. The van der Waals surface area contributed by atoms with Gasteiger partial charge in [0.25, 0.3) is 0 Å². The summed E-state index contributed by atoms with van der Waals surface area (Å²) in [7, 11) is 0. The van der Waals surface area contributed by atoms with Crippen molar-refractivity contribution >= 4 is 6.03 Å². The number of ether oxygens (including phenoxy) is 2. The van der Waals surface area contributed by atoms with Gasteiger partial charge in [0.05, 0.1) is 13.2 Å². The van der Waals surface area contributed by atoms with Gasteiger partial charge in [0, 0.05) is 37.8 Å². The van der Waals surface area contributed by atoms with Crippen molar-refractivity contribution in [3.63, 3.8) is 0 Å². The fourth-order valence-electron chi connectivity index (χ4n) is 4.33. The van der Waals surface area contributed by atoms with E-state index >= 15 is 0 Å². The maximum atomic E-state index is 12.8. The Labute approximate surface area is 140 Å². The third-order valence-corrected chi connectivity index (χ3v) is 5.97. The molecule has 2 saturated heterocycles. The van der Waals surface area contributed by atoms with Crippen molar-refractivity contribution in [1.82, 2.24) is 10.2 Å². The molecule has 3 aliphatic rings. The molecule has 0 aromatic carbocycles. The highest BCUT2D eigenvalue weighted by molar-refractivity contribution is 5.74. The van der Waals surface area contributed by atoms with Gasteiger partial charge >= 0.3 is 6.03 Å². The molecule has 2 amide bonds. The zero-order chi connectivity index (χ0) is 16.1. The molecule has 132 valence electrons. The van der Waals surface area contributed by atoms with Gasteiger partial charge in [-0.2, -0.15) is 0 Å². The molecule has 5 nitrogen and oxygen atoms in total. The molecule has 5 heteroatoms. The predicted octanol–water partition coefficient (Wildman–Crippen LogP) is 2.79. The molecule has 0 unspecified atom stereocenters. The molecule has 3 rings (SSSR count). The Bertz CT molecular complexity index is 396. The lowest BCUT2D eigenvalue weighted by Gasteiger charge is -2.39. The number of rotatable bonds is 2. The second kappa shape index (κ2) is 7.84. The molecule has 1 aliphatic carbocycles. The zero-order valence-corrected chi connectivity index (χ0v) is 14.5. The van der Waals surface area contributed by atoms with Crippen molar-refractivity contribution in [2.45, 2.75) is 57.9 Å². The lowest BCUT2D eigenvalue weighted by atomic mass is 9.80. The summed E-state index contributed by atoms with van der Waals surface area (Å²) >= 11 is 0. The minimum absolute atomic E-state index is 0.102. The maximum absolute atomic E-state index is 12.8. The van der Waals surface area contributed by atoms with Crippen LogP contribution in [0.25, 0.3) is 0 Å². The summed E-state index contributed by atoms with van der Waals surface area (Å²) in [6.07, 6.45) is 8.07. The molecule has 1 N–H and O–H groups in total. The lowest BCUT2D eigenvalue weighted by Crippen LogP contribution is -2.51. The Balaban J connectivity index is 1.57. The third kappa shape index (κ3) is 4.38. The number of carbonyl (C=O) groups is 1. The Morgan fingerprint density at radius 2 is 2.04 bits per heavy atom. The van der Waals surface area contributed by atoms with E-state index in [1.54, 1.807) is 0 Å². The van der Waals surface area contributed by atoms with Gasteiger partial charge in [-0.15, -0.1) is 0 Å². The molecule has 23 heavy (non-hydrogen) atoms. The van der Waals surface area contributed by atoms with E-state index in [0.717, 1.165) is 58.0 Å². The van der Waals surface area contributed by atoms with Crippen LogP contribution < -0.4 is 5.32 Å². The predicted molar refractivity (Wildman–Crippen MR) is 89.4 cm³/mol. The van der Waals surface area contributed by atoms with Crippen molar-refractivity contribution in [2.24, 2.45) is 11.3 Å². The molecular formula is C18H32N2O3.